The van der Waals surface area contributed by atoms with Crippen LogP contribution in [-0.4, -0.2) is 25.0 Å². The van der Waals surface area contributed by atoms with Crippen molar-refractivity contribution in [3.8, 4) is 0 Å². The largest absolute Gasteiger partial charge is 0.366 e. The molecule has 0 aliphatic heterocycles. The third kappa shape index (κ3) is 2.51. The maximum atomic E-state index is 10.8. The first-order valence-corrected chi connectivity index (χ1v) is 4.50. The molecule has 0 unspecified atom stereocenters. The molecule has 70 valence electrons. The molecule has 6 heteroatoms. The van der Waals surface area contributed by atoms with Crippen LogP contribution in [0.4, 0.5) is 5.69 Å². The first-order chi connectivity index (χ1) is 6.11. The summed E-state index contributed by atoms with van der Waals surface area (Å²) in [5.41, 5.74) is 6.05. The predicted octanol–water partition coefficient (Wildman–Crippen LogP) is 1.41. The number of carbonyl (C=O) groups excluding carboxylic acids is 1. The van der Waals surface area contributed by atoms with Gasteiger partial charge in [-0.1, -0.05) is 5.22 Å². The Morgan fingerprint density at radius 2 is 2.23 bits per heavy atom. The summed E-state index contributed by atoms with van der Waals surface area (Å²) in [6, 6.07) is 0. The summed E-state index contributed by atoms with van der Waals surface area (Å²) >= 11 is 1.37. The lowest BCUT2D eigenvalue weighted by Crippen LogP contribution is -2.09. The molecule has 1 heterocycles. The fraction of sp³-hybridized carbons (Fsp3) is 0.286. The molecular weight excluding hydrogens is 188 g/mol. The minimum absolute atomic E-state index is 0.413. The highest BCUT2D eigenvalue weighted by Crippen LogP contribution is 2.23. The molecule has 5 nitrogen and oxygen atoms in total. The van der Waals surface area contributed by atoms with E-state index in [0.29, 0.717) is 11.3 Å². The minimum atomic E-state index is -0.478. The molecule has 0 bridgehead atoms. The smallest absolute Gasteiger partial charge is 0.251 e. The van der Waals surface area contributed by atoms with Gasteiger partial charge in [-0.05, 0) is 0 Å². The molecule has 0 saturated heterocycles. The number of carbonyl (C=O) groups is 1. The quantitative estimate of drug-likeness (QED) is 0.589. The number of amides is 1. The summed E-state index contributed by atoms with van der Waals surface area (Å²) in [5.74, 6) is -0.478. The monoisotopic (exact) mass is 198 g/mol. The van der Waals surface area contributed by atoms with Crippen molar-refractivity contribution >= 4 is 22.9 Å². The van der Waals surface area contributed by atoms with Gasteiger partial charge in [-0.15, -0.1) is 16.5 Å². The van der Waals surface area contributed by atoms with Crippen LogP contribution in [0.3, 0.4) is 0 Å². The molecule has 13 heavy (non-hydrogen) atoms. The van der Waals surface area contributed by atoms with Crippen LogP contribution in [0.2, 0.25) is 0 Å². The van der Waals surface area contributed by atoms with Crippen LogP contribution in [0.25, 0.3) is 0 Å². The van der Waals surface area contributed by atoms with Crippen molar-refractivity contribution in [3.05, 3.63) is 16.3 Å². The zero-order valence-electron chi connectivity index (χ0n) is 7.39. The Hall–Kier alpha value is -1.43. The van der Waals surface area contributed by atoms with Crippen molar-refractivity contribution < 1.29 is 4.79 Å². The summed E-state index contributed by atoms with van der Waals surface area (Å²) in [5, 5.41) is 12.5. The van der Waals surface area contributed by atoms with Crippen molar-refractivity contribution in [2.45, 2.75) is 0 Å². The lowest BCUT2D eigenvalue weighted by Gasteiger charge is -1.99. The number of nitrogens with two attached hydrogens (primary N) is 1. The van der Waals surface area contributed by atoms with Gasteiger partial charge in [-0.3, -0.25) is 9.80 Å². The van der Waals surface area contributed by atoms with Crippen molar-refractivity contribution in [1.82, 2.24) is 5.01 Å². The molecule has 0 aliphatic rings. The van der Waals surface area contributed by atoms with Gasteiger partial charge in [0, 0.05) is 24.9 Å². The molecule has 1 amide bonds. The van der Waals surface area contributed by atoms with Gasteiger partial charge in [0.1, 0.15) is 5.69 Å². The summed E-state index contributed by atoms with van der Waals surface area (Å²) < 4.78 is 0. The van der Waals surface area contributed by atoms with E-state index in [1.165, 1.54) is 11.3 Å². The van der Waals surface area contributed by atoms with Gasteiger partial charge in [0.05, 0.1) is 5.56 Å². The molecule has 1 rings (SSSR count). The lowest BCUT2D eigenvalue weighted by atomic mass is 10.3. The van der Waals surface area contributed by atoms with Crippen LogP contribution in [0.1, 0.15) is 10.4 Å². The molecule has 0 atom stereocenters. The van der Waals surface area contributed by atoms with E-state index in [2.05, 4.69) is 10.3 Å². The van der Waals surface area contributed by atoms with Crippen LogP contribution in [0, 0.1) is 0 Å². The predicted molar refractivity (Wildman–Crippen MR) is 51.0 cm³/mol. The second kappa shape index (κ2) is 3.99. The molecule has 0 aromatic carbocycles. The topological polar surface area (TPSA) is 71.1 Å². The fourth-order valence-electron chi connectivity index (χ4n) is 0.690. The number of nitrogens with zero attached hydrogens (tertiary/aromatic N) is 3. The third-order valence-corrected chi connectivity index (χ3v) is 1.97. The van der Waals surface area contributed by atoms with Gasteiger partial charge in [-0.2, -0.15) is 0 Å². The highest BCUT2D eigenvalue weighted by Gasteiger charge is 2.07. The molecule has 0 radical (unpaired) electrons. The van der Waals surface area contributed by atoms with Gasteiger partial charge in [0.25, 0.3) is 5.91 Å². The molecule has 1 aromatic heterocycles. The van der Waals surface area contributed by atoms with E-state index in [-0.39, 0.29) is 0 Å². The molecular formula is C7H10N4OS. The molecule has 0 saturated carbocycles. The van der Waals surface area contributed by atoms with E-state index in [0.717, 1.165) is 0 Å². The number of thiophene rings is 1. The average molecular weight is 198 g/mol. The van der Waals surface area contributed by atoms with E-state index in [4.69, 9.17) is 5.73 Å². The van der Waals surface area contributed by atoms with E-state index < -0.39 is 5.91 Å². The third-order valence-electron chi connectivity index (χ3n) is 1.24. The van der Waals surface area contributed by atoms with Crippen LogP contribution in [-0.2, 0) is 0 Å². The Morgan fingerprint density at radius 3 is 2.77 bits per heavy atom. The van der Waals surface area contributed by atoms with Crippen LogP contribution in [0.15, 0.2) is 21.1 Å². The van der Waals surface area contributed by atoms with Crippen molar-refractivity contribution in [1.29, 1.82) is 0 Å². The second-order valence-electron chi connectivity index (χ2n) is 2.57. The summed E-state index contributed by atoms with van der Waals surface area (Å²) in [6.07, 6.45) is 0. The highest BCUT2D eigenvalue weighted by atomic mass is 32.1. The molecule has 0 spiro atoms. The van der Waals surface area contributed by atoms with Gasteiger partial charge < -0.3 is 5.73 Å². The Bertz CT molecular complexity index is 331. The van der Waals surface area contributed by atoms with E-state index in [1.54, 1.807) is 29.9 Å². The molecule has 2 N–H and O–H groups in total. The Labute approximate surface area is 79.8 Å². The first kappa shape index (κ1) is 9.66. The number of hydrogen-bond acceptors (Lipinski definition) is 4. The van der Waals surface area contributed by atoms with Gasteiger partial charge in [0.15, 0.2) is 0 Å². The molecule has 0 aliphatic carbocycles. The van der Waals surface area contributed by atoms with Crippen LogP contribution in [0.5, 0.6) is 0 Å². The SMILES string of the molecule is CN(C)/N=N/c1cscc1C(N)=O. The maximum Gasteiger partial charge on any atom is 0.251 e. The van der Waals surface area contributed by atoms with E-state index in [1.807, 2.05) is 0 Å². The van der Waals surface area contributed by atoms with E-state index >= 15 is 0 Å². The summed E-state index contributed by atoms with van der Waals surface area (Å²) in [4.78, 5) is 10.8. The maximum absolute atomic E-state index is 10.8. The van der Waals surface area contributed by atoms with Crippen molar-refractivity contribution in [2.24, 2.45) is 16.1 Å². The number of rotatable bonds is 3. The summed E-state index contributed by atoms with van der Waals surface area (Å²) in [6.45, 7) is 0. The Morgan fingerprint density at radius 1 is 1.54 bits per heavy atom. The Kier molecular flexibility index (Phi) is 2.97. The fourth-order valence-corrected chi connectivity index (χ4v) is 1.43. The second-order valence-corrected chi connectivity index (χ2v) is 3.32. The number of primary amides is 1. The van der Waals surface area contributed by atoms with Gasteiger partial charge >= 0.3 is 0 Å². The number of hydrogen-bond donors (Lipinski definition) is 1. The summed E-state index contributed by atoms with van der Waals surface area (Å²) in [7, 11) is 3.50. The average Bonchev–Trinajstić information content (AvgIpc) is 2.47. The normalized spacial score (nSPS) is 10.6. The van der Waals surface area contributed by atoms with Gasteiger partial charge in [-0.25, -0.2) is 0 Å². The van der Waals surface area contributed by atoms with Gasteiger partial charge in [0.2, 0.25) is 0 Å². The highest BCUT2D eigenvalue weighted by molar-refractivity contribution is 7.08. The standard InChI is InChI=1S/C7H10N4OS/c1-11(2)10-9-6-4-13-3-5(6)7(8)12/h3-4H,1-2H3,(H2,8,12)/b10-9+. The first-order valence-electron chi connectivity index (χ1n) is 3.56. The van der Waals surface area contributed by atoms with Crippen LogP contribution >= 0.6 is 11.3 Å². The Balaban J connectivity index is 2.88. The lowest BCUT2D eigenvalue weighted by molar-refractivity contribution is 0.100. The molecule has 0 fully saturated rings. The van der Waals surface area contributed by atoms with Crippen LogP contribution < -0.4 is 5.73 Å². The van der Waals surface area contributed by atoms with Crippen molar-refractivity contribution in [2.75, 3.05) is 14.1 Å². The zero-order chi connectivity index (χ0) is 9.84. The van der Waals surface area contributed by atoms with Crippen molar-refractivity contribution in [3.63, 3.8) is 0 Å². The molecule has 1 aromatic rings. The minimum Gasteiger partial charge on any atom is -0.366 e. The zero-order valence-corrected chi connectivity index (χ0v) is 8.21. The van der Waals surface area contributed by atoms with E-state index in [9.17, 15) is 4.79 Å².